The van der Waals surface area contributed by atoms with Crippen molar-refractivity contribution in [3.8, 4) is 0 Å². The van der Waals surface area contributed by atoms with Gasteiger partial charge in [-0.1, -0.05) is 26.2 Å². The van der Waals surface area contributed by atoms with Crippen LogP contribution in [0.3, 0.4) is 0 Å². The molecule has 0 saturated heterocycles. The quantitative estimate of drug-likeness (QED) is 0.850. The molecule has 0 atom stereocenters. The van der Waals surface area contributed by atoms with Gasteiger partial charge in [-0.2, -0.15) is 0 Å². The summed E-state index contributed by atoms with van der Waals surface area (Å²) in [4.78, 5) is 0. The molecule has 2 nitrogen and oxygen atoms in total. The van der Waals surface area contributed by atoms with E-state index in [-0.39, 0.29) is 0 Å². The van der Waals surface area contributed by atoms with E-state index in [0.29, 0.717) is 0 Å². The van der Waals surface area contributed by atoms with Gasteiger partial charge >= 0.3 is 0 Å². The minimum Gasteiger partial charge on any atom is -0.462 e. The van der Waals surface area contributed by atoms with Gasteiger partial charge in [0.05, 0.1) is 0 Å². The zero-order valence-electron chi connectivity index (χ0n) is 11.7. The van der Waals surface area contributed by atoms with Gasteiger partial charge in [0.25, 0.3) is 0 Å². The molecule has 1 saturated carbocycles. The predicted octanol–water partition coefficient (Wildman–Crippen LogP) is 4.03. The molecule has 0 spiro atoms. The minimum atomic E-state index is 0.751. The number of rotatable bonds is 5. The Morgan fingerprint density at radius 3 is 2.72 bits per heavy atom. The lowest BCUT2D eigenvalue weighted by molar-refractivity contribution is 0.397. The molecular weight excluding hydrogens is 222 g/mol. The van der Waals surface area contributed by atoms with Gasteiger partial charge in [-0.15, -0.1) is 0 Å². The second-order valence-corrected chi connectivity index (χ2v) is 5.24. The van der Waals surface area contributed by atoms with Crippen molar-refractivity contribution in [1.29, 1.82) is 0 Å². The Bertz CT molecular complexity index is 386. The lowest BCUT2D eigenvalue weighted by atomic mass is 9.83. The van der Waals surface area contributed by atoms with E-state index in [4.69, 9.17) is 4.42 Å². The van der Waals surface area contributed by atoms with E-state index < -0.39 is 0 Å². The fourth-order valence-corrected chi connectivity index (χ4v) is 2.84. The first-order chi connectivity index (χ1) is 8.83. The molecule has 1 N–H and O–H groups in total. The molecule has 1 aliphatic rings. The van der Waals surface area contributed by atoms with Crippen LogP contribution in [0.2, 0.25) is 0 Å². The van der Waals surface area contributed by atoms with Crippen molar-refractivity contribution >= 4 is 6.08 Å². The van der Waals surface area contributed by atoms with E-state index in [1.165, 1.54) is 37.7 Å². The summed E-state index contributed by atoms with van der Waals surface area (Å²) in [5, 5.41) is 3.30. The van der Waals surface area contributed by atoms with Crippen LogP contribution >= 0.6 is 0 Å². The predicted molar refractivity (Wildman–Crippen MR) is 76.6 cm³/mol. The third-order valence-corrected chi connectivity index (χ3v) is 3.87. The molecule has 1 aromatic heterocycles. The second-order valence-electron chi connectivity index (χ2n) is 5.24. The van der Waals surface area contributed by atoms with Crippen LogP contribution in [0.25, 0.3) is 6.08 Å². The zero-order valence-corrected chi connectivity index (χ0v) is 11.7. The Labute approximate surface area is 110 Å². The molecule has 1 fully saturated rings. The Hall–Kier alpha value is -1.02. The Morgan fingerprint density at radius 1 is 1.33 bits per heavy atom. The van der Waals surface area contributed by atoms with Gasteiger partial charge in [0.2, 0.25) is 0 Å². The first-order valence-electron chi connectivity index (χ1n) is 7.27. The first-order valence-corrected chi connectivity index (χ1v) is 7.27. The van der Waals surface area contributed by atoms with Crippen molar-refractivity contribution in [3.63, 3.8) is 0 Å². The van der Waals surface area contributed by atoms with Crippen molar-refractivity contribution in [2.45, 2.75) is 45.4 Å². The maximum absolute atomic E-state index is 5.80. The fourth-order valence-electron chi connectivity index (χ4n) is 2.84. The molecule has 0 amide bonds. The zero-order chi connectivity index (χ0) is 12.8. The summed E-state index contributed by atoms with van der Waals surface area (Å²) in [5.74, 6) is 2.85. The summed E-state index contributed by atoms with van der Waals surface area (Å²) in [6.45, 7) is 3.11. The average Bonchev–Trinajstić information content (AvgIpc) is 2.87. The molecule has 0 unspecified atom stereocenters. The number of nitrogens with one attached hydrogen (secondary N) is 1. The van der Waals surface area contributed by atoms with Gasteiger partial charge in [-0.25, -0.2) is 0 Å². The Morgan fingerprint density at radius 2 is 2.11 bits per heavy atom. The van der Waals surface area contributed by atoms with E-state index in [0.717, 1.165) is 30.4 Å². The van der Waals surface area contributed by atoms with Crippen molar-refractivity contribution < 1.29 is 4.42 Å². The Kier molecular flexibility index (Phi) is 5.06. The molecule has 100 valence electrons. The summed E-state index contributed by atoms with van der Waals surface area (Å²) in [7, 11) is 2.02. The molecule has 18 heavy (non-hydrogen) atoms. The van der Waals surface area contributed by atoms with E-state index >= 15 is 0 Å². The number of hydrogen-bond acceptors (Lipinski definition) is 2. The summed E-state index contributed by atoms with van der Waals surface area (Å²) >= 11 is 0. The van der Waals surface area contributed by atoms with Gasteiger partial charge in [-0.05, 0) is 49.6 Å². The van der Waals surface area contributed by atoms with Gasteiger partial charge in [-0.3, -0.25) is 0 Å². The number of aryl methyl sites for hydroxylation is 1. The smallest absolute Gasteiger partial charge is 0.127 e. The fraction of sp³-hybridized carbons (Fsp3) is 0.625. The lowest BCUT2D eigenvalue weighted by Crippen LogP contribution is -2.19. The maximum atomic E-state index is 5.80. The molecule has 2 heteroatoms. The topological polar surface area (TPSA) is 25.2 Å². The largest absolute Gasteiger partial charge is 0.462 e. The third kappa shape index (κ3) is 3.49. The average molecular weight is 247 g/mol. The van der Waals surface area contributed by atoms with Gasteiger partial charge in [0, 0.05) is 13.0 Å². The number of furan rings is 1. The highest BCUT2D eigenvalue weighted by molar-refractivity contribution is 5.49. The van der Waals surface area contributed by atoms with Crippen molar-refractivity contribution in [2.24, 2.45) is 5.92 Å². The molecule has 0 radical (unpaired) electrons. The maximum Gasteiger partial charge on any atom is 0.127 e. The van der Waals surface area contributed by atoms with Crippen molar-refractivity contribution in [1.82, 2.24) is 5.32 Å². The monoisotopic (exact) mass is 247 g/mol. The normalized spacial score (nSPS) is 18.2. The minimum absolute atomic E-state index is 0.751. The lowest BCUT2D eigenvalue weighted by Gasteiger charge is -2.24. The van der Waals surface area contributed by atoms with Gasteiger partial charge in [0.1, 0.15) is 11.5 Å². The number of likely N-dealkylation sites (N-methyl/N-ethyl adjacent to an activating group) is 1. The van der Waals surface area contributed by atoms with Crippen LogP contribution in [0.1, 0.15) is 50.5 Å². The van der Waals surface area contributed by atoms with E-state index in [2.05, 4.69) is 30.4 Å². The van der Waals surface area contributed by atoms with Gasteiger partial charge in [0.15, 0.2) is 0 Å². The molecule has 1 aromatic rings. The van der Waals surface area contributed by atoms with Crippen molar-refractivity contribution in [3.05, 3.63) is 29.2 Å². The van der Waals surface area contributed by atoms with Crippen LogP contribution in [0.5, 0.6) is 0 Å². The molecule has 1 heterocycles. The van der Waals surface area contributed by atoms with Crippen LogP contribution < -0.4 is 5.32 Å². The highest BCUT2D eigenvalue weighted by Gasteiger charge is 2.17. The van der Waals surface area contributed by atoms with Crippen LogP contribution in [0.15, 0.2) is 22.1 Å². The molecule has 0 bridgehead atoms. The molecule has 0 aromatic carbocycles. The SMILES string of the molecule is CCc1ccc(C=C(CNC)C2CCCCC2)o1. The summed E-state index contributed by atoms with van der Waals surface area (Å²) in [5.41, 5.74) is 1.51. The van der Waals surface area contributed by atoms with Crippen LogP contribution in [0, 0.1) is 5.92 Å². The van der Waals surface area contributed by atoms with Crippen LogP contribution in [-0.4, -0.2) is 13.6 Å². The molecule has 0 aliphatic heterocycles. The summed E-state index contributed by atoms with van der Waals surface area (Å²) in [6, 6.07) is 4.18. The van der Waals surface area contributed by atoms with Crippen LogP contribution in [-0.2, 0) is 6.42 Å². The van der Waals surface area contributed by atoms with E-state index in [1.807, 2.05) is 7.05 Å². The third-order valence-electron chi connectivity index (χ3n) is 3.87. The summed E-state index contributed by atoms with van der Waals surface area (Å²) < 4.78 is 5.80. The highest BCUT2D eigenvalue weighted by atomic mass is 16.3. The van der Waals surface area contributed by atoms with E-state index in [9.17, 15) is 0 Å². The first kappa shape index (κ1) is 13.4. The van der Waals surface area contributed by atoms with E-state index in [1.54, 1.807) is 0 Å². The highest BCUT2D eigenvalue weighted by Crippen LogP contribution is 2.30. The second kappa shape index (κ2) is 6.79. The van der Waals surface area contributed by atoms with Gasteiger partial charge < -0.3 is 9.73 Å². The Balaban J connectivity index is 2.11. The summed E-state index contributed by atoms with van der Waals surface area (Å²) in [6.07, 6.45) is 10.1. The standard InChI is InChI=1S/C16H25NO/c1-3-15-9-10-16(18-15)11-14(12-17-2)13-7-5-4-6-8-13/h9-11,13,17H,3-8,12H2,1-2H3. The molecular formula is C16H25NO. The van der Waals surface area contributed by atoms with Crippen molar-refractivity contribution in [2.75, 3.05) is 13.6 Å². The number of hydrogen-bond donors (Lipinski definition) is 1. The molecule has 1 aliphatic carbocycles. The van der Waals surface area contributed by atoms with Crippen LogP contribution in [0.4, 0.5) is 0 Å². The molecule has 2 rings (SSSR count).